The molecule has 0 aromatic heterocycles. The third-order valence-electron chi connectivity index (χ3n) is 13.6. The predicted molar refractivity (Wildman–Crippen MR) is 303 cm³/mol. The van der Waals surface area contributed by atoms with Crippen LogP contribution in [0.3, 0.4) is 0 Å². The summed E-state index contributed by atoms with van der Waals surface area (Å²) in [5.41, 5.74) is 0. The van der Waals surface area contributed by atoms with Gasteiger partial charge in [-0.2, -0.15) is 0 Å². The maximum absolute atomic E-state index is 13.2. The number of esters is 3. The van der Waals surface area contributed by atoms with E-state index in [2.05, 4.69) is 81.5 Å². The monoisotopic (exact) mass is 1060 g/mol. The Hall–Kier alpha value is -3.58. The summed E-state index contributed by atoms with van der Waals surface area (Å²) in [6.07, 6.45) is 50.5. The second-order valence-corrected chi connectivity index (χ2v) is 20.6. The Morgan fingerprint density at radius 1 is 0.453 bits per heavy atom. The molecule has 1 aliphatic rings. The first kappa shape index (κ1) is 69.4. The van der Waals surface area contributed by atoms with Crippen LogP contribution in [-0.2, 0) is 42.9 Å². The van der Waals surface area contributed by atoms with Crippen LogP contribution in [0.1, 0.15) is 265 Å². The Balaban J connectivity index is 2.69. The van der Waals surface area contributed by atoms with Gasteiger partial charge in [0.05, 0.1) is 6.61 Å². The van der Waals surface area contributed by atoms with E-state index in [0.29, 0.717) is 19.3 Å². The summed E-state index contributed by atoms with van der Waals surface area (Å²) >= 11 is 0. The molecule has 0 bridgehead atoms. The highest BCUT2D eigenvalue weighted by Crippen LogP contribution is 2.26. The fourth-order valence-corrected chi connectivity index (χ4v) is 8.93. The van der Waals surface area contributed by atoms with Crippen LogP contribution >= 0.6 is 0 Å². The molecule has 0 aliphatic carbocycles. The van der Waals surface area contributed by atoms with Gasteiger partial charge in [-0.25, -0.2) is 4.79 Å². The van der Waals surface area contributed by atoms with Gasteiger partial charge in [0.25, 0.3) is 0 Å². The van der Waals surface area contributed by atoms with E-state index in [9.17, 15) is 34.5 Å². The summed E-state index contributed by atoms with van der Waals surface area (Å²) in [4.78, 5) is 51.1. The van der Waals surface area contributed by atoms with Crippen molar-refractivity contribution in [2.45, 2.75) is 302 Å². The number of ether oxygens (including phenoxy) is 5. The molecule has 6 atom stereocenters. The summed E-state index contributed by atoms with van der Waals surface area (Å²) in [5, 5.41) is 31.4. The molecule has 1 heterocycles. The van der Waals surface area contributed by atoms with E-state index in [4.69, 9.17) is 23.7 Å². The van der Waals surface area contributed by atoms with E-state index >= 15 is 0 Å². The number of carboxylic acid groups (broad SMARTS) is 1. The van der Waals surface area contributed by atoms with Gasteiger partial charge in [0.2, 0.25) is 0 Å². The number of carboxylic acids is 1. The van der Waals surface area contributed by atoms with Crippen molar-refractivity contribution >= 4 is 23.9 Å². The zero-order chi connectivity index (χ0) is 54.7. The second kappa shape index (κ2) is 51.2. The van der Waals surface area contributed by atoms with Crippen LogP contribution in [0.5, 0.6) is 0 Å². The van der Waals surface area contributed by atoms with Crippen LogP contribution < -0.4 is 0 Å². The topological polar surface area (TPSA) is 175 Å². The minimum absolute atomic E-state index is 0.0478. The number of carbonyl (C=O) groups excluding carboxylic acids is 3. The van der Waals surface area contributed by atoms with Gasteiger partial charge in [-0.05, 0) is 77.0 Å². The van der Waals surface area contributed by atoms with Crippen molar-refractivity contribution in [3.8, 4) is 0 Å². The van der Waals surface area contributed by atoms with E-state index in [0.717, 1.165) is 109 Å². The number of rotatable bonds is 51. The molecule has 0 amide bonds. The molecular weight excluding hydrogens is 949 g/mol. The Morgan fingerprint density at radius 3 is 1.33 bits per heavy atom. The summed E-state index contributed by atoms with van der Waals surface area (Å²) in [6.45, 7) is 5.83. The van der Waals surface area contributed by atoms with Gasteiger partial charge in [-0.15, -0.1) is 0 Å². The number of aliphatic hydroxyl groups excluding tert-OH is 2. The molecule has 1 fully saturated rings. The zero-order valence-electron chi connectivity index (χ0n) is 47.5. The van der Waals surface area contributed by atoms with E-state index in [1.54, 1.807) is 0 Å². The summed E-state index contributed by atoms with van der Waals surface area (Å²) < 4.78 is 28.4. The van der Waals surface area contributed by atoms with E-state index in [-0.39, 0.29) is 25.9 Å². The fourth-order valence-electron chi connectivity index (χ4n) is 8.93. The van der Waals surface area contributed by atoms with Crippen LogP contribution in [0.25, 0.3) is 0 Å². The number of hydrogen-bond donors (Lipinski definition) is 3. The predicted octanol–water partition coefficient (Wildman–Crippen LogP) is 15.6. The highest BCUT2D eigenvalue weighted by Gasteiger charge is 2.50. The van der Waals surface area contributed by atoms with E-state index in [1.807, 2.05) is 0 Å². The maximum atomic E-state index is 13.2. The average molecular weight is 1060 g/mol. The molecule has 3 N–H and O–H groups in total. The highest BCUT2D eigenvalue weighted by molar-refractivity contribution is 5.74. The molecule has 75 heavy (non-hydrogen) atoms. The van der Waals surface area contributed by atoms with E-state index in [1.165, 1.54) is 96.3 Å². The lowest BCUT2D eigenvalue weighted by atomic mass is 9.98. The lowest BCUT2D eigenvalue weighted by Crippen LogP contribution is -2.61. The van der Waals surface area contributed by atoms with Gasteiger partial charge in [0.15, 0.2) is 24.6 Å². The van der Waals surface area contributed by atoms with Gasteiger partial charge in [-0.3, -0.25) is 14.4 Å². The number of allylic oxidation sites excluding steroid dienone is 10. The molecular formula is C63H108O12. The Labute approximate surface area is 456 Å². The molecule has 0 aromatic carbocycles. The van der Waals surface area contributed by atoms with Gasteiger partial charge >= 0.3 is 23.9 Å². The molecule has 0 saturated carbocycles. The summed E-state index contributed by atoms with van der Waals surface area (Å²) in [5.74, 6) is -3.15. The van der Waals surface area contributed by atoms with E-state index < -0.39 is 67.3 Å². The van der Waals surface area contributed by atoms with Gasteiger partial charge < -0.3 is 39.0 Å². The fraction of sp³-hybridized carbons (Fsp3) is 0.778. The number of aliphatic hydroxyl groups is 2. The zero-order valence-corrected chi connectivity index (χ0v) is 47.5. The molecule has 12 heteroatoms. The van der Waals surface area contributed by atoms with Crippen LogP contribution in [-0.4, -0.2) is 89.2 Å². The third-order valence-corrected chi connectivity index (χ3v) is 13.6. The minimum Gasteiger partial charge on any atom is -0.479 e. The van der Waals surface area contributed by atoms with Gasteiger partial charge in [-0.1, -0.05) is 229 Å². The van der Waals surface area contributed by atoms with Crippen molar-refractivity contribution in [3.63, 3.8) is 0 Å². The number of unbranched alkanes of at least 4 members (excludes halogenated alkanes) is 27. The van der Waals surface area contributed by atoms with Crippen molar-refractivity contribution in [2.24, 2.45) is 0 Å². The molecule has 0 aromatic rings. The van der Waals surface area contributed by atoms with Gasteiger partial charge in [0.1, 0.15) is 18.8 Å². The molecule has 6 unspecified atom stereocenters. The van der Waals surface area contributed by atoms with Crippen molar-refractivity contribution in [3.05, 3.63) is 60.8 Å². The van der Waals surface area contributed by atoms with Crippen molar-refractivity contribution in [1.82, 2.24) is 0 Å². The minimum atomic E-state index is -1.91. The molecule has 1 rings (SSSR count). The first-order chi connectivity index (χ1) is 36.6. The first-order valence-corrected chi connectivity index (χ1v) is 30.3. The van der Waals surface area contributed by atoms with Gasteiger partial charge in [0, 0.05) is 19.3 Å². The summed E-state index contributed by atoms with van der Waals surface area (Å²) in [6, 6.07) is 0. The molecule has 0 radical (unpaired) electrons. The number of aliphatic carboxylic acids is 1. The third kappa shape index (κ3) is 41.2. The smallest absolute Gasteiger partial charge is 0.335 e. The second-order valence-electron chi connectivity index (χ2n) is 20.6. The molecule has 1 aliphatic heterocycles. The molecule has 432 valence electrons. The normalized spacial score (nSPS) is 18.5. The Bertz CT molecular complexity index is 1540. The van der Waals surface area contributed by atoms with Crippen LogP contribution in [0.2, 0.25) is 0 Å². The molecule has 1 saturated heterocycles. The van der Waals surface area contributed by atoms with Crippen LogP contribution in [0.15, 0.2) is 60.8 Å². The lowest BCUT2D eigenvalue weighted by Gasteiger charge is -2.40. The highest BCUT2D eigenvalue weighted by atomic mass is 16.7. The SMILES string of the molecule is CC/C=C\C/C=C\C/C=C\C/C=C\CCCCCCC(=O)OCC(COC1OC(C(=O)O)C(O)C(O)C1OC(=O)CCCCCCC/C=C\CCCC)OC(=O)CCCCCCCCCCCCCCCCCCC. The first-order valence-electron chi connectivity index (χ1n) is 30.3. The molecule has 0 spiro atoms. The standard InChI is InChI=1S/C63H108O12/c1-4-7-10-13-16-19-22-24-26-28-30-32-35-37-40-43-46-49-55(64)71-52-54(73-56(65)50-47-44-41-39-36-33-31-29-27-25-23-20-17-14-11-8-5-2)53-72-63-61(59(68)58(67)60(75-63)62(69)70)74-57(66)51-48-45-42-38-34-21-18-15-12-9-6-3/h7,10,15-16,18-19,24,26,30,32,54,58-61,63,67-68H,4-6,8-9,11-14,17,20-23,25,27-29,31,33-53H2,1-3H3,(H,69,70)/b10-7-,18-15-,19-16-,26-24-,32-30-. The number of hydrogen-bond acceptors (Lipinski definition) is 11. The van der Waals surface area contributed by atoms with Crippen LogP contribution in [0, 0.1) is 0 Å². The van der Waals surface area contributed by atoms with Crippen molar-refractivity contribution in [1.29, 1.82) is 0 Å². The van der Waals surface area contributed by atoms with Crippen LogP contribution in [0.4, 0.5) is 0 Å². The lowest BCUT2D eigenvalue weighted by molar-refractivity contribution is -0.301. The number of carbonyl (C=O) groups is 4. The van der Waals surface area contributed by atoms with Crippen molar-refractivity contribution < 1.29 is 58.2 Å². The largest absolute Gasteiger partial charge is 0.479 e. The Morgan fingerprint density at radius 2 is 0.853 bits per heavy atom. The Kier molecular flexibility index (Phi) is 47.4. The quantitative estimate of drug-likeness (QED) is 0.0228. The molecule has 12 nitrogen and oxygen atoms in total. The summed E-state index contributed by atoms with van der Waals surface area (Å²) in [7, 11) is 0. The van der Waals surface area contributed by atoms with Crippen molar-refractivity contribution in [2.75, 3.05) is 13.2 Å². The average Bonchev–Trinajstić information content (AvgIpc) is 3.39. The maximum Gasteiger partial charge on any atom is 0.335 e.